The molecule has 12 aromatic rings. The fourth-order valence-corrected chi connectivity index (χ4v) is 16.8. The number of aryl methyl sites for hydroxylation is 2. The maximum atomic E-state index is 10.7. The molecule has 2 saturated heterocycles. The Balaban J connectivity index is 0.000000243. The third-order valence-corrected chi connectivity index (χ3v) is 25.4. The fourth-order valence-electron chi connectivity index (χ4n) is 10.1. The van der Waals surface area contributed by atoms with Gasteiger partial charge in [0, 0.05) is 77.1 Å². The van der Waals surface area contributed by atoms with Crippen LogP contribution in [0.3, 0.4) is 0 Å². The van der Waals surface area contributed by atoms with Crippen LogP contribution in [0.2, 0.25) is 37.3 Å². The van der Waals surface area contributed by atoms with Gasteiger partial charge in [-0.05, 0) is 88.6 Å². The van der Waals surface area contributed by atoms with Gasteiger partial charge in [0.05, 0.1) is 21.8 Å². The van der Waals surface area contributed by atoms with Gasteiger partial charge in [0.15, 0.2) is 0 Å². The average Bonchev–Trinajstić information content (AvgIpc) is 0.785. The van der Waals surface area contributed by atoms with Gasteiger partial charge in [-0.2, -0.15) is 21.6 Å². The average molecular weight is 1720 g/mol. The number of aromatic nitrogens is 6. The van der Waals surface area contributed by atoms with Crippen molar-refractivity contribution >= 4 is 36.6 Å². The second-order valence-corrected chi connectivity index (χ2v) is 32.9. The molecule has 509 valence electrons. The number of aliphatic hydroxyl groups is 2. The third-order valence-electron chi connectivity index (χ3n) is 15.4. The summed E-state index contributed by atoms with van der Waals surface area (Å²) in [4.78, 5) is 26.2. The van der Waals surface area contributed by atoms with Gasteiger partial charge in [0.1, 0.15) is 0 Å². The first-order chi connectivity index (χ1) is 46.5. The second kappa shape index (κ2) is 43.1. The molecule has 6 aromatic heterocycles. The molecule has 0 unspecified atom stereocenters. The molecule has 8 heterocycles. The van der Waals surface area contributed by atoms with Crippen LogP contribution in [-0.2, 0) is 50.3 Å². The maximum absolute atomic E-state index is 10.7. The number of alkyl halides is 3. The predicted octanol–water partition coefficient (Wildman–Crippen LogP) is 17.1. The van der Waals surface area contributed by atoms with Crippen molar-refractivity contribution in [2.24, 2.45) is 0 Å². The molecular weight excluding hydrogens is 1640 g/mol. The minimum absolute atomic E-state index is 0. The zero-order valence-corrected chi connectivity index (χ0v) is 62.9. The van der Waals surface area contributed by atoms with Crippen LogP contribution in [0, 0.1) is 44.2 Å². The van der Waals surface area contributed by atoms with E-state index in [9.17, 15) is 13.2 Å². The Hall–Kier alpha value is -8.43. The Kier molecular flexibility index (Phi) is 36.0. The monoisotopic (exact) mass is 1720 g/mol. The van der Waals surface area contributed by atoms with Crippen molar-refractivity contribution in [1.29, 1.82) is 0 Å². The summed E-state index contributed by atoms with van der Waals surface area (Å²) in [7, 11) is -6.06. The molecule has 0 aliphatic carbocycles. The van der Waals surface area contributed by atoms with Crippen LogP contribution in [0.5, 0.6) is 0 Å². The summed E-state index contributed by atoms with van der Waals surface area (Å²) >= 11 is 0. The van der Waals surface area contributed by atoms with Crippen LogP contribution in [-0.4, -0.2) is 89.0 Å². The van der Waals surface area contributed by atoms with Gasteiger partial charge in [-0.15, -0.1) is 179 Å². The number of rotatable bonds is 8. The molecule has 0 spiro atoms. The van der Waals surface area contributed by atoms with Gasteiger partial charge in [0.2, 0.25) is 0 Å². The minimum Gasteiger partial charge on any atom is -0.400 e. The van der Waals surface area contributed by atoms with E-state index in [2.05, 4.69) is 137 Å². The van der Waals surface area contributed by atoms with E-state index in [1.54, 1.807) is 35.2 Å². The number of hydrogen-bond acceptors (Lipinski definition) is 10. The Bertz CT molecular complexity index is 3670. The zero-order chi connectivity index (χ0) is 69.1. The normalized spacial score (nSPS) is 12.3. The molecule has 2 aliphatic heterocycles. The molecule has 19 heteroatoms. The Morgan fingerprint density at radius 3 is 0.867 bits per heavy atom. The van der Waals surface area contributed by atoms with Crippen LogP contribution in [0.1, 0.15) is 24.0 Å². The van der Waals surface area contributed by atoms with Crippen LogP contribution < -0.4 is 10.4 Å². The fraction of sp³-hybridized carbons (Fsp3) is 0.165. The Labute approximate surface area is 605 Å². The smallest absolute Gasteiger partial charge is 0.400 e. The molecule has 2 aliphatic rings. The molecule has 0 amide bonds. The first kappa shape index (κ1) is 82.0. The van der Waals surface area contributed by atoms with Crippen LogP contribution in [0.4, 0.5) is 13.2 Å². The van der Waals surface area contributed by atoms with E-state index in [4.69, 9.17) is 28.2 Å². The summed E-state index contributed by atoms with van der Waals surface area (Å²) in [6.45, 7) is 9.48. The van der Waals surface area contributed by atoms with Crippen molar-refractivity contribution in [1.82, 2.24) is 29.9 Å². The Morgan fingerprint density at radius 1 is 0.388 bits per heavy atom. The third kappa shape index (κ3) is 26.1. The van der Waals surface area contributed by atoms with E-state index in [0.717, 1.165) is 76.2 Å². The molecule has 0 saturated carbocycles. The van der Waals surface area contributed by atoms with Gasteiger partial charge in [-0.25, -0.2) is 0 Å². The van der Waals surface area contributed by atoms with Gasteiger partial charge >= 0.3 is 35.7 Å². The number of hydrogen-bond donors (Lipinski definition) is 3. The number of aliphatic hydroxyl groups excluding tert-OH is 2. The van der Waals surface area contributed by atoms with Crippen molar-refractivity contribution in [3.8, 4) is 67.5 Å². The minimum atomic E-state index is -5.84. The van der Waals surface area contributed by atoms with E-state index in [-0.39, 0.29) is 40.2 Å². The van der Waals surface area contributed by atoms with Gasteiger partial charge in [-0.1, -0.05) is 141 Å². The molecular formula is C79H78F3Ir2N6O5SSi2-2. The topological polar surface area (TPSA) is 172 Å². The van der Waals surface area contributed by atoms with E-state index in [0.29, 0.717) is 0 Å². The number of nitrogens with zero attached hydrogens (tertiary/aromatic N) is 6. The number of halogens is 3. The summed E-state index contributed by atoms with van der Waals surface area (Å²) in [5, 5.41) is 17.1. The number of pyridine rings is 6. The maximum Gasteiger partial charge on any atom is 3.00 e. The molecule has 0 atom stereocenters. The van der Waals surface area contributed by atoms with Crippen molar-refractivity contribution < 1.29 is 76.6 Å². The van der Waals surface area contributed by atoms with Crippen LogP contribution in [0.25, 0.3) is 67.5 Å². The van der Waals surface area contributed by atoms with E-state index < -0.39 is 31.8 Å². The predicted molar refractivity (Wildman–Crippen MR) is 387 cm³/mol. The van der Waals surface area contributed by atoms with Crippen molar-refractivity contribution in [3.63, 3.8) is 0 Å². The zero-order valence-electron chi connectivity index (χ0n) is 55.3. The van der Waals surface area contributed by atoms with Crippen molar-refractivity contribution in [2.45, 2.75) is 69.5 Å². The molecule has 2 fully saturated rings. The SMILES string of the molecule is CO.CO.Cc1cc(-c2[c-]cccc2)ncc1[Si]1(C)CCC1.Cc1cc(-c2ccccc2)ncc1[Si]1(C)CCC1.O=S(=O)(O)C(F)(F)F.[Ir+3].[Ir].[c-]1ccccc1-c1ccccn1.[c-]1ccccc1-c1ccccn1.[c-]1ccccc1-c1ccccn1.[c-]1ccccc1-c1ccccn1. The summed E-state index contributed by atoms with van der Waals surface area (Å²) < 4.78 is 57.5. The van der Waals surface area contributed by atoms with E-state index in [1.165, 1.54) is 53.7 Å². The van der Waals surface area contributed by atoms with Gasteiger partial charge in [0.25, 0.3) is 0 Å². The van der Waals surface area contributed by atoms with Crippen molar-refractivity contribution in [2.75, 3.05) is 14.2 Å². The molecule has 14 rings (SSSR count). The van der Waals surface area contributed by atoms with Gasteiger partial charge in [-0.3, -0.25) is 9.54 Å². The number of benzene rings is 6. The van der Waals surface area contributed by atoms with E-state index in [1.807, 2.05) is 194 Å². The van der Waals surface area contributed by atoms with Crippen LogP contribution in [0.15, 0.2) is 274 Å². The molecule has 1 radical (unpaired) electrons. The summed E-state index contributed by atoms with van der Waals surface area (Å²) in [5.41, 5.74) is 9.83. The summed E-state index contributed by atoms with van der Waals surface area (Å²) in [6, 6.07) is 99.3. The van der Waals surface area contributed by atoms with Gasteiger partial charge < -0.3 is 35.1 Å². The van der Waals surface area contributed by atoms with Crippen molar-refractivity contribution in [3.05, 3.63) is 315 Å². The first-order valence-corrected chi connectivity index (χ1v) is 38.2. The van der Waals surface area contributed by atoms with E-state index >= 15 is 0 Å². The molecule has 0 bridgehead atoms. The van der Waals surface area contributed by atoms with Crippen LogP contribution >= 0.6 is 0 Å². The summed E-state index contributed by atoms with van der Waals surface area (Å²) in [5.74, 6) is 0. The quantitative estimate of drug-likeness (QED) is 0.0572. The standard InChI is InChI=1S/C16H19NSi.C16H18NSi.4C11H8N.CHF3O3S.2CH4O.2Ir/c2*1-13-11-15(14-7-4-3-5-8-14)17-12-16(13)18(2)9-6-10-18;4*1-2-6-10(7-3-1)11-8-4-5-9-12-11;2-1(3,4)8(5,6)7;2*1-2;;/h3-5,7-8,11-12H,6,9-10H2,1-2H3;3-5,7,11-12H,6,9-10H2,1-2H3;4*1-6,8-9H;(H,5,6,7);2*2H,1H3;;/q;5*-1;;;;;+3. The molecule has 6 aromatic carbocycles. The molecule has 3 N–H and O–H groups in total. The molecule has 11 nitrogen and oxygen atoms in total. The second-order valence-electron chi connectivity index (χ2n) is 22.1. The summed E-state index contributed by atoms with van der Waals surface area (Å²) in [6.07, 6.45) is 14.3. The largest absolute Gasteiger partial charge is 3.00 e. The molecule has 98 heavy (non-hydrogen) atoms. The first-order valence-electron chi connectivity index (χ1n) is 30.9. The Morgan fingerprint density at radius 2 is 0.643 bits per heavy atom.